The molecular formula is H3AlCl2O. The second kappa shape index (κ2) is 33.4. The van der Waals surface area contributed by atoms with Crippen LogP contribution in [-0.4, -0.2) is 22.8 Å². The molecule has 26 valence electrons. The van der Waals surface area contributed by atoms with Crippen LogP contribution in [0.5, 0.6) is 0 Å². The van der Waals surface area contributed by atoms with Crippen LogP contribution in [0.3, 0.4) is 0 Å². The molecular weight excluding hydrogens is 114 g/mol. The summed E-state index contributed by atoms with van der Waals surface area (Å²) in [5.41, 5.74) is 0. The van der Waals surface area contributed by atoms with Crippen molar-refractivity contribution < 1.29 is 30.3 Å². The molecule has 0 aromatic heterocycles. The van der Waals surface area contributed by atoms with Gasteiger partial charge < -0.3 is 30.3 Å². The predicted octanol–water partition coefficient (Wildman–Crippen LogP) is -7.47. The minimum atomic E-state index is 0. The first-order valence-corrected chi connectivity index (χ1v) is 0. The molecule has 2 N–H and O–H groups in total. The Kier molecular flexibility index (Phi) is 611. The zero-order valence-corrected chi connectivity index (χ0v) is 4.89. The van der Waals surface area contributed by atoms with Crippen LogP contribution in [0.2, 0.25) is 0 Å². The predicted molar refractivity (Wildman–Crippen MR) is 10.8 cm³/mol. The Morgan fingerprint density at radius 2 is 0.750 bits per heavy atom. The van der Waals surface area contributed by atoms with Crippen LogP contribution in [0.25, 0.3) is 0 Å². The standard InChI is InChI=1S/Al.2ClH.H2O.H/h;2*1H;1H2;/q+2;;;;/p-2. The normalized spacial score (nSPS) is 0. The van der Waals surface area contributed by atoms with Gasteiger partial charge in [-0.15, -0.1) is 0 Å². The summed E-state index contributed by atoms with van der Waals surface area (Å²) in [6, 6.07) is 0. The minimum absolute atomic E-state index is 0. The molecule has 0 fully saturated rings. The molecule has 4 heteroatoms. The molecule has 0 atom stereocenters. The van der Waals surface area contributed by atoms with Gasteiger partial charge in [-0.05, 0) is 0 Å². The van der Waals surface area contributed by atoms with E-state index in [9.17, 15) is 0 Å². The monoisotopic (exact) mass is 116 g/mol. The molecule has 0 heterocycles. The zero-order valence-electron chi connectivity index (χ0n) is 1.96. The van der Waals surface area contributed by atoms with E-state index in [1.165, 1.54) is 0 Å². The Bertz CT molecular complexity index is 6.00. The number of hydrogen-bond acceptors (Lipinski definition) is 0. The summed E-state index contributed by atoms with van der Waals surface area (Å²) in [7, 11) is 0. The summed E-state index contributed by atoms with van der Waals surface area (Å²) in [5, 5.41) is 0. The summed E-state index contributed by atoms with van der Waals surface area (Å²) < 4.78 is 0. The van der Waals surface area contributed by atoms with Crippen LogP contribution in [0.15, 0.2) is 0 Å². The maximum atomic E-state index is 0. The quantitative estimate of drug-likeness (QED) is 0.282. The van der Waals surface area contributed by atoms with Crippen molar-refractivity contribution in [2.75, 3.05) is 0 Å². The van der Waals surface area contributed by atoms with Crippen molar-refractivity contribution >= 4 is 17.4 Å². The van der Waals surface area contributed by atoms with Gasteiger partial charge in [0.25, 0.3) is 0 Å². The summed E-state index contributed by atoms with van der Waals surface area (Å²) in [4.78, 5) is 0. The first-order valence-electron chi connectivity index (χ1n) is 0. The molecule has 1 nitrogen and oxygen atoms in total. The molecule has 0 saturated carbocycles. The molecule has 0 amide bonds. The average Bonchev–Trinajstić information content (AvgIpc) is 0. The van der Waals surface area contributed by atoms with Crippen LogP contribution in [0.1, 0.15) is 0 Å². The van der Waals surface area contributed by atoms with Crippen molar-refractivity contribution in [3.63, 3.8) is 0 Å². The van der Waals surface area contributed by atoms with E-state index in [2.05, 4.69) is 0 Å². The van der Waals surface area contributed by atoms with Gasteiger partial charge in [-0.3, -0.25) is 0 Å². The molecule has 0 aliphatic rings. The minimum Gasteiger partial charge on any atom is -1.00 e. The molecule has 0 aliphatic heterocycles. The largest absolute Gasteiger partial charge is 1.00 e. The van der Waals surface area contributed by atoms with E-state index in [4.69, 9.17) is 0 Å². The van der Waals surface area contributed by atoms with E-state index in [1.54, 1.807) is 0 Å². The summed E-state index contributed by atoms with van der Waals surface area (Å²) >= 11 is 0. The number of halogens is 2. The third kappa shape index (κ3) is 11.5. The Morgan fingerprint density at radius 3 is 0.750 bits per heavy atom. The van der Waals surface area contributed by atoms with Crippen molar-refractivity contribution in [1.82, 2.24) is 0 Å². The molecule has 0 aromatic carbocycles. The molecule has 0 unspecified atom stereocenters. The average molecular weight is 117 g/mol. The fraction of sp³-hybridized carbons (Fsp3) is 0. The summed E-state index contributed by atoms with van der Waals surface area (Å²) in [6.07, 6.45) is 0. The van der Waals surface area contributed by atoms with Crippen LogP contribution < -0.4 is 24.8 Å². The molecule has 4 heavy (non-hydrogen) atoms. The maximum Gasteiger partial charge on any atom is -1.00 e. The van der Waals surface area contributed by atoms with Crippen molar-refractivity contribution in [3.8, 4) is 0 Å². The summed E-state index contributed by atoms with van der Waals surface area (Å²) in [6.45, 7) is 0. The Hall–Kier alpha value is 1.07. The van der Waals surface area contributed by atoms with E-state index < -0.39 is 0 Å². The second-order valence-electron chi connectivity index (χ2n) is 0. The van der Waals surface area contributed by atoms with Gasteiger partial charge in [-0.1, -0.05) is 0 Å². The molecule has 0 spiro atoms. The van der Waals surface area contributed by atoms with Gasteiger partial charge in [-0.25, -0.2) is 0 Å². The van der Waals surface area contributed by atoms with Crippen LogP contribution in [0.4, 0.5) is 0 Å². The van der Waals surface area contributed by atoms with Gasteiger partial charge in [0.1, 0.15) is 0 Å². The van der Waals surface area contributed by atoms with E-state index in [0.717, 1.165) is 0 Å². The fourth-order valence-corrected chi connectivity index (χ4v) is 0. The van der Waals surface area contributed by atoms with Crippen molar-refractivity contribution in [1.29, 1.82) is 0 Å². The fourth-order valence-electron chi connectivity index (χ4n) is 0. The molecule has 0 rings (SSSR count). The Morgan fingerprint density at radius 1 is 0.750 bits per heavy atom. The number of rotatable bonds is 0. The third-order valence-electron chi connectivity index (χ3n) is 0. The van der Waals surface area contributed by atoms with E-state index in [0.29, 0.717) is 0 Å². The maximum absolute atomic E-state index is 0. The van der Waals surface area contributed by atoms with Crippen molar-refractivity contribution in [3.05, 3.63) is 0 Å². The second-order valence-corrected chi connectivity index (χ2v) is 0. The summed E-state index contributed by atoms with van der Waals surface area (Å²) in [5.74, 6) is 0. The van der Waals surface area contributed by atoms with Gasteiger partial charge in [0.15, 0.2) is 0 Å². The SMILES string of the molecule is O.[AlH+2].[Cl-].[Cl-]. The van der Waals surface area contributed by atoms with Gasteiger partial charge in [0.05, 0.1) is 0 Å². The van der Waals surface area contributed by atoms with Gasteiger partial charge >= 0.3 is 17.4 Å². The van der Waals surface area contributed by atoms with Crippen LogP contribution >= 0.6 is 0 Å². The van der Waals surface area contributed by atoms with Gasteiger partial charge in [0.2, 0.25) is 0 Å². The zero-order chi connectivity index (χ0) is 0. The van der Waals surface area contributed by atoms with Gasteiger partial charge in [-0.2, -0.15) is 0 Å². The topological polar surface area (TPSA) is 31.5 Å². The first-order chi connectivity index (χ1) is 0. The molecule has 0 aliphatic carbocycles. The van der Waals surface area contributed by atoms with E-state index >= 15 is 0 Å². The Labute approximate surface area is 48.0 Å². The molecule has 0 saturated heterocycles. The van der Waals surface area contributed by atoms with Crippen LogP contribution in [0, 0.1) is 0 Å². The smallest absolute Gasteiger partial charge is 1.00 e. The van der Waals surface area contributed by atoms with Crippen molar-refractivity contribution in [2.45, 2.75) is 0 Å². The van der Waals surface area contributed by atoms with E-state index in [-0.39, 0.29) is 47.7 Å². The Balaban J connectivity index is 0. The van der Waals surface area contributed by atoms with Crippen molar-refractivity contribution in [2.24, 2.45) is 0 Å². The third-order valence-corrected chi connectivity index (χ3v) is 0. The van der Waals surface area contributed by atoms with Gasteiger partial charge in [0, 0.05) is 0 Å². The van der Waals surface area contributed by atoms with E-state index in [1.807, 2.05) is 0 Å². The first kappa shape index (κ1) is 73.1. The number of hydrogen-bond donors (Lipinski definition) is 0. The van der Waals surface area contributed by atoms with Crippen LogP contribution in [-0.2, 0) is 0 Å². The molecule has 0 aromatic rings. The molecule has 0 bridgehead atoms. The molecule has 0 radical (unpaired) electrons.